The Kier molecular flexibility index (Phi) is 4.67. The predicted molar refractivity (Wildman–Crippen MR) is 88.1 cm³/mol. The summed E-state index contributed by atoms with van der Waals surface area (Å²) in [5.74, 6) is 0.682. The molecule has 0 aliphatic heterocycles. The Morgan fingerprint density at radius 1 is 1.08 bits per heavy atom. The number of nitrogens with zero attached hydrogens (tertiary/aromatic N) is 2. The van der Waals surface area contributed by atoms with Crippen LogP contribution in [0, 0.1) is 0 Å². The normalized spacial score (nSPS) is 10.6. The molecule has 0 N–H and O–H groups in total. The van der Waals surface area contributed by atoms with Crippen LogP contribution in [-0.2, 0) is 16.1 Å². The third-order valence-corrected chi connectivity index (χ3v) is 3.47. The minimum absolute atomic E-state index is 0.366. The number of esters is 1. The second-order valence-electron chi connectivity index (χ2n) is 5.06. The highest BCUT2D eigenvalue weighted by Crippen LogP contribution is 2.27. The molecule has 0 radical (unpaired) electrons. The minimum atomic E-state index is -0.366. The zero-order valence-electron chi connectivity index (χ0n) is 13.4. The zero-order chi connectivity index (χ0) is 16.9. The van der Waals surface area contributed by atoms with E-state index in [-0.39, 0.29) is 5.97 Å². The third kappa shape index (κ3) is 3.33. The van der Waals surface area contributed by atoms with Crippen LogP contribution in [0.15, 0.2) is 48.8 Å². The summed E-state index contributed by atoms with van der Waals surface area (Å²) in [5, 5.41) is 1.68. The minimum Gasteiger partial charge on any atom is -0.465 e. The first-order chi connectivity index (χ1) is 11.7. The van der Waals surface area contributed by atoms with Gasteiger partial charge in [0.2, 0.25) is 5.88 Å². The van der Waals surface area contributed by atoms with E-state index < -0.39 is 0 Å². The van der Waals surface area contributed by atoms with Crippen LogP contribution in [0.3, 0.4) is 0 Å². The molecule has 3 aromatic rings. The summed E-state index contributed by atoms with van der Waals surface area (Å²) in [4.78, 5) is 20.0. The second-order valence-corrected chi connectivity index (χ2v) is 5.06. The molecule has 6 nitrogen and oxygen atoms in total. The number of carbonyl (C=O) groups excluding carboxylic acids is 1. The van der Waals surface area contributed by atoms with E-state index in [9.17, 15) is 4.79 Å². The topological polar surface area (TPSA) is 70.5 Å². The van der Waals surface area contributed by atoms with Gasteiger partial charge in [0.15, 0.2) is 0 Å². The smallest absolute Gasteiger partial charge is 0.338 e. The van der Waals surface area contributed by atoms with Gasteiger partial charge in [-0.05, 0) is 35.0 Å². The number of ether oxygens (including phenoxy) is 3. The quantitative estimate of drug-likeness (QED) is 0.670. The standard InChI is InChI=1S/C18H16N2O4/c1-22-10-13-9-17(20-11-19-13)24-14-6-7-15-12(8-14)4-3-5-16(15)18(21)23-2/h3-9,11H,10H2,1-2H3. The number of hydrogen-bond donors (Lipinski definition) is 0. The lowest BCUT2D eigenvalue weighted by molar-refractivity contribution is 0.0603. The number of methoxy groups -OCH3 is 2. The van der Waals surface area contributed by atoms with E-state index in [1.54, 1.807) is 31.4 Å². The molecule has 0 bridgehead atoms. The van der Waals surface area contributed by atoms with Gasteiger partial charge in [0.25, 0.3) is 0 Å². The van der Waals surface area contributed by atoms with E-state index >= 15 is 0 Å². The van der Waals surface area contributed by atoms with Gasteiger partial charge in [-0.15, -0.1) is 0 Å². The average molecular weight is 324 g/mol. The molecule has 6 heteroatoms. The largest absolute Gasteiger partial charge is 0.465 e. The SMILES string of the molecule is COCc1cc(Oc2ccc3c(C(=O)OC)cccc3c2)ncn1. The highest BCUT2D eigenvalue weighted by molar-refractivity contribution is 6.04. The predicted octanol–water partition coefficient (Wildman–Crippen LogP) is 3.36. The zero-order valence-corrected chi connectivity index (χ0v) is 13.4. The maximum atomic E-state index is 11.8. The van der Waals surface area contributed by atoms with Crippen LogP contribution in [-0.4, -0.2) is 30.2 Å². The second kappa shape index (κ2) is 7.06. The summed E-state index contributed by atoms with van der Waals surface area (Å²) >= 11 is 0. The molecule has 0 spiro atoms. The highest BCUT2D eigenvalue weighted by atomic mass is 16.5. The van der Waals surface area contributed by atoms with E-state index in [2.05, 4.69) is 9.97 Å². The van der Waals surface area contributed by atoms with E-state index in [0.717, 1.165) is 16.5 Å². The van der Waals surface area contributed by atoms with Gasteiger partial charge in [-0.25, -0.2) is 14.8 Å². The fourth-order valence-electron chi connectivity index (χ4n) is 2.39. The van der Waals surface area contributed by atoms with Gasteiger partial charge in [0.1, 0.15) is 12.1 Å². The molecule has 2 aromatic carbocycles. The Bertz CT molecular complexity index is 880. The van der Waals surface area contributed by atoms with Crippen molar-refractivity contribution >= 4 is 16.7 Å². The Morgan fingerprint density at radius 2 is 1.96 bits per heavy atom. The van der Waals surface area contributed by atoms with Gasteiger partial charge in [0.05, 0.1) is 25.0 Å². The maximum absolute atomic E-state index is 11.8. The molecular weight excluding hydrogens is 308 g/mol. The van der Waals surface area contributed by atoms with E-state index in [0.29, 0.717) is 23.8 Å². The first-order valence-corrected chi connectivity index (χ1v) is 7.30. The first kappa shape index (κ1) is 15.9. The summed E-state index contributed by atoms with van der Waals surface area (Å²) < 4.78 is 15.6. The maximum Gasteiger partial charge on any atom is 0.338 e. The molecule has 0 aliphatic rings. The number of carbonyl (C=O) groups is 1. The van der Waals surface area contributed by atoms with Crippen LogP contribution < -0.4 is 4.74 Å². The molecule has 0 saturated heterocycles. The molecule has 1 aromatic heterocycles. The van der Waals surface area contributed by atoms with Crippen LogP contribution in [0.5, 0.6) is 11.6 Å². The van der Waals surface area contributed by atoms with Crippen LogP contribution in [0.4, 0.5) is 0 Å². The molecule has 0 amide bonds. The highest BCUT2D eigenvalue weighted by Gasteiger charge is 2.11. The first-order valence-electron chi connectivity index (χ1n) is 7.30. The lowest BCUT2D eigenvalue weighted by Gasteiger charge is -2.09. The Labute approximate surface area is 139 Å². The molecule has 122 valence electrons. The van der Waals surface area contributed by atoms with E-state index in [4.69, 9.17) is 14.2 Å². The summed E-state index contributed by atoms with van der Waals surface area (Å²) in [7, 11) is 2.97. The van der Waals surface area contributed by atoms with Crippen molar-refractivity contribution < 1.29 is 19.0 Å². The summed E-state index contributed by atoms with van der Waals surface area (Å²) in [6.45, 7) is 0.388. The molecular formula is C18H16N2O4. The van der Waals surface area contributed by atoms with Crippen molar-refractivity contribution in [3.05, 3.63) is 60.0 Å². The molecule has 24 heavy (non-hydrogen) atoms. The Hall–Kier alpha value is -2.99. The van der Waals surface area contributed by atoms with Crippen molar-refractivity contribution in [3.63, 3.8) is 0 Å². The van der Waals surface area contributed by atoms with Crippen molar-refractivity contribution in [2.45, 2.75) is 6.61 Å². The van der Waals surface area contributed by atoms with Gasteiger partial charge >= 0.3 is 5.97 Å². The fourth-order valence-corrected chi connectivity index (χ4v) is 2.39. The average Bonchev–Trinajstić information content (AvgIpc) is 2.61. The summed E-state index contributed by atoms with van der Waals surface area (Å²) in [6, 6.07) is 12.6. The van der Waals surface area contributed by atoms with Crippen LogP contribution in [0.25, 0.3) is 10.8 Å². The molecule has 0 fully saturated rings. The molecule has 0 atom stereocenters. The van der Waals surface area contributed by atoms with Crippen LogP contribution >= 0.6 is 0 Å². The van der Waals surface area contributed by atoms with Gasteiger partial charge in [0, 0.05) is 13.2 Å². The van der Waals surface area contributed by atoms with E-state index in [1.807, 2.05) is 18.2 Å². The van der Waals surface area contributed by atoms with Crippen molar-refractivity contribution in [3.8, 4) is 11.6 Å². The van der Waals surface area contributed by atoms with Crippen LogP contribution in [0.1, 0.15) is 16.1 Å². The lowest BCUT2D eigenvalue weighted by atomic mass is 10.0. The molecule has 0 unspecified atom stereocenters. The van der Waals surface area contributed by atoms with Crippen molar-refractivity contribution in [2.75, 3.05) is 14.2 Å². The number of rotatable bonds is 5. The fraction of sp³-hybridized carbons (Fsp3) is 0.167. The number of fused-ring (bicyclic) bond motifs is 1. The number of benzene rings is 2. The van der Waals surface area contributed by atoms with Crippen molar-refractivity contribution in [1.82, 2.24) is 9.97 Å². The molecule has 1 heterocycles. The number of aromatic nitrogens is 2. The van der Waals surface area contributed by atoms with Crippen molar-refractivity contribution in [1.29, 1.82) is 0 Å². The third-order valence-electron chi connectivity index (χ3n) is 3.47. The Morgan fingerprint density at radius 3 is 2.75 bits per heavy atom. The monoisotopic (exact) mass is 324 g/mol. The van der Waals surface area contributed by atoms with Crippen molar-refractivity contribution in [2.24, 2.45) is 0 Å². The molecule has 0 saturated carbocycles. The van der Waals surface area contributed by atoms with E-state index in [1.165, 1.54) is 13.4 Å². The Balaban J connectivity index is 1.91. The van der Waals surface area contributed by atoms with Gasteiger partial charge in [-0.2, -0.15) is 0 Å². The van der Waals surface area contributed by atoms with Crippen LogP contribution in [0.2, 0.25) is 0 Å². The summed E-state index contributed by atoms with van der Waals surface area (Å²) in [6.07, 6.45) is 1.43. The molecule has 3 rings (SSSR count). The lowest BCUT2D eigenvalue weighted by Crippen LogP contribution is -2.01. The summed E-state index contributed by atoms with van der Waals surface area (Å²) in [5.41, 5.74) is 1.25. The molecule has 0 aliphatic carbocycles. The van der Waals surface area contributed by atoms with Gasteiger partial charge in [-0.1, -0.05) is 12.1 Å². The van der Waals surface area contributed by atoms with Gasteiger partial charge < -0.3 is 14.2 Å². The number of hydrogen-bond acceptors (Lipinski definition) is 6. The van der Waals surface area contributed by atoms with Gasteiger partial charge in [-0.3, -0.25) is 0 Å².